The molecule has 0 saturated carbocycles. The van der Waals surface area contributed by atoms with Crippen molar-refractivity contribution in [3.63, 3.8) is 0 Å². The summed E-state index contributed by atoms with van der Waals surface area (Å²) in [5, 5.41) is 5.57. The van der Waals surface area contributed by atoms with E-state index in [-0.39, 0.29) is 29.7 Å². The molecule has 0 aliphatic heterocycles. The second-order valence-corrected chi connectivity index (χ2v) is 9.57. The topological polar surface area (TPSA) is 106 Å². The molecule has 0 fully saturated rings. The largest absolute Gasteiger partial charge is 0.466 e. The first kappa shape index (κ1) is 24.4. The lowest BCUT2D eigenvalue weighted by Gasteiger charge is -2.23. The molecule has 0 aromatic carbocycles. The number of fused-ring (bicyclic) bond motifs is 1. The molecule has 0 bridgehead atoms. The van der Waals surface area contributed by atoms with Gasteiger partial charge in [-0.15, -0.1) is 11.3 Å². The number of anilines is 1. The second kappa shape index (κ2) is 11.6. The molecular weight excluding hydrogens is 450 g/mol. The SMILES string of the molecule is CCOC(=O)Cc1csc(NC(=O)CSc2nc(=O)n(CCN(C)C)c3c2CCCC3)n1. The van der Waals surface area contributed by atoms with Crippen molar-refractivity contribution in [2.45, 2.75) is 50.6 Å². The fourth-order valence-electron chi connectivity index (χ4n) is 3.49. The zero-order chi connectivity index (χ0) is 23.1. The molecule has 0 atom stereocenters. The normalized spacial score (nSPS) is 13.1. The van der Waals surface area contributed by atoms with Crippen LogP contribution in [0.1, 0.15) is 36.7 Å². The number of hydrogen-bond acceptors (Lipinski definition) is 9. The van der Waals surface area contributed by atoms with Gasteiger partial charge in [0.15, 0.2) is 5.13 Å². The third-order valence-electron chi connectivity index (χ3n) is 4.99. The Morgan fingerprint density at radius 2 is 2.06 bits per heavy atom. The molecule has 2 heterocycles. The smallest absolute Gasteiger partial charge is 0.348 e. The van der Waals surface area contributed by atoms with Gasteiger partial charge in [-0.1, -0.05) is 11.8 Å². The van der Waals surface area contributed by atoms with Crippen molar-refractivity contribution >= 4 is 40.1 Å². The van der Waals surface area contributed by atoms with Crippen LogP contribution in [0.5, 0.6) is 0 Å². The summed E-state index contributed by atoms with van der Waals surface area (Å²) >= 11 is 2.55. The van der Waals surface area contributed by atoms with Gasteiger partial charge in [-0.2, -0.15) is 4.98 Å². The summed E-state index contributed by atoms with van der Waals surface area (Å²) in [6, 6.07) is 0. The Balaban J connectivity index is 1.63. The Bertz CT molecular complexity index is 1020. The van der Waals surface area contributed by atoms with Crippen molar-refractivity contribution in [2.75, 3.05) is 38.3 Å². The molecule has 174 valence electrons. The summed E-state index contributed by atoms with van der Waals surface area (Å²) in [5.41, 5.74) is 2.47. The molecule has 9 nitrogen and oxygen atoms in total. The van der Waals surface area contributed by atoms with Gasteiger partial charge in [0.2, 0.25) is 5.91 Å². The summed E-state index contributed by atoms with van der Waals surface area (Å²) in [4.78, 5) is 47.3. The van der Waals surface area contributed by atoms with Crippen molar-refractivity contribution in [1.82, 2.24) is 19.4 Å². The van der Waals surface area contributed by atoms with Crippen LogP contribution in [0.2, 0.25) is 0 Å². The van der Waals surface area contributed by atoms with Gasteiger partial charge in [0.1, 0.15) is 5.03 Å². The van der Waals surface area contributed by atoms with Gasteiger partial charge in [-0.05, 0) is 46.7 Å². The van der Waals surface area contributed by atoms with E-state index in [1.807, 2.05) is 19.0 Å². The van der Waals surface area contributed by atoms with Crippen LogP contribution in [-0.2, 0) is 40.1 Å². The van der Waals surface area contributed by atoms with Crippen molar-refractivity contribution in [3.8, 4) is 0 Å². The van der Waals surface area contributed by atoms with Crippen molar-refractivity contribution in [2.24, 2.45) is 0 Å². The Morgan fingerprint density at radius 3 is 2.81 bits per heavy atom. The molecule has 2 aromatic heterocycles. The number of ether oxygens (including phenoxy) is 1. The number of carbonyl (C=O) groups excluding carboxylic acids is 2. The summed E-state index contributed by atoms with van der Waals surface area (Å²) in [7, 11) is 3.96. The number of esters is 1. The van der Waals surface area contributed by atoms with Crippen LogP contribution in [-0.4, -0.2) is 64.3 Å². The minimum atomic E-state index is -0.345. The number of likely N-dealkylation sites (N-methyl/N-ethyl adjacent to an activating group) is 1. The number of carbonyl (C=O) groups is 2. The van der Waals surface area contributed by atoms with Gasteiger partial charge in [0, 0.05) is 29.7 Å². The molecular formula is C21H29N5O4S2. The maximum absolute atomic E-state index is 12.7. The third-order valence-corrected chi connectivity index (χ3v) is 6.81. The van der Waals surface area contributed by atoms with Gasteiger partial charge < -0.3 is 15.0 Å². The Morgan fingerprint density at radius 1 is 1.28 bits per heavy atom. The Kier molecular flexibility index (Phi) is 8.83. The van der Waals surface area contributed by atoms with Crippen LogP contribution in [0.3, 0.4) is 0 Å². The van der Waals surface area contributed by atoms with Crippen LogP contribution < -0.4 is 11.0 Å². The number of nitrogens with zero attached hydrogens (tertiary/aromatic N) is 4. The number of nitrogens with one attached hydrogen (secondary N) is 1. The van der Waals surface area contributed by atoms with Crippen LogP contribution >= 0.6 is 23.1 Å². The minimum Gasteiger partial charge on any atom is -0.466 e. The van der Waals surface area contributed by atoms with Crippen molar-refractivity contribution in [1.29, 1.82) is 0 Å². The quantitative estimate of drug-likeness (QED) is 0.313. The maximum Gasteiger partial charge on any atom is 0.348 e. The van der Waals surface area contributed by atoms with E-state index in [0.29, 0.717) is 29.0 Å². The van der Waals surface area contributed by atoms with Gasteiger partial charge >= 0.3 is 11.7 Å². The molecule has 2 aromatic rings. The average molecular weight is 480 g/mol. The maximum atomic E-state index is 12.7. The van der Waals surface area contributed by atoms with Crippen LogP contribution in [0, 0.1) is 0 Å². The number of rotatable bonds is 10. The number of amides is 1. The van der Waals surface area contributed by atoms with E-state index in [4.69, 9.17) is 4.74 Å². The van der Waals surface area contributed by atoms with Crippen LogP contribution in [0.25, 0.3) is 0 Å². The van der Waals surface area contributed by atoms with Crippen molar-refractivity contribution < 1.29 is 14.3 Å². The van der Waals surface area contributed by atoms with Crippen LogP contribution in [0.4, 0.5) is 5.13 Å². The molecule has 32 heavy (non-hydrogen) atoms. The predicted molar refractivity (Wildman–Crippen MR) is 125 cm³/mol. The number of thioether (sulfide) groups is 1. The van der Waals surface area contributed by atoms with E-state index >= 15 is 0 Å². The number of hydrogen-bond donors (Lipinski definition) is 1. The van der Waals surface area contributed by atoms with E-state index in [0.717, 1.165) is 43.5 Å². The number of thiazole rings is 1. The summed E-state index contributed by atoms with van der Waals surface area (Å²) in [6.07, 6.45) is 3.93. The van der Waals surface area contributed by atoms with E-state index in [2.05, 4.69) is 15.3 Å². The van der Waals surface area contributed by atoms with E-state index in [1.165, 1.54) is 23.1 Å². The predicted octanol–water partition coefficient (Wildman–Crippen LogP) is 1.98. The molecule has 1 aliphatic rings. The highest BCUT2D eigenvalue weighted by molar-refractivity contribution is 8.00. The molecule has 3 rings (SSSR count). The molecule has 1 amide bonds. The van der Waals surface area contributed by atoms with Crippen molar-refractivity contribution in [3.05, 3.63) is 32.8 Å². The van der Waals surface area contributed by atoms with Gasteiger partial charge in [0.25, 0.3) is 0 Å². The standard InChI is InChI=1S/C21H29N5O4S2/c1-4-30-18(28)11-14-12-32-20(22-14)23-17(27)13-31-19-15-7-5-6-8-16(15)26(21(29)24-19)10-9-25(2)3/h12H,4-11,13H2,1-3H3,(H,22,23,27). The first-order chi connectivity index (χ1) is 15.4. The minimum absolute atomic E-state index is 0.0785. The lowest BCUT2D eigenvalue weighted by molar-refractivity contribution is -0.142. The molecule has 1 N–H and O–H groups in total. The highest BCUT2D eigenvalue weighted by Crippen LogP contribution is 2.28. The molecule has 0 saturated heterocycles. The Hall–Kier alpha value is -2.24. The fourth-order valence-corrected chi connectivity index (χ4v) is 5.10. The van der Waals surface area contributed by atoms with E-state index < -0.39 is 0 Å². The van der Waals surface area contributed by atoms with E-state index in [1.54, 1.807) is 16.9 Å². The lowest BCUT2D eigenvalue weighted by Crippen LogP contribution is -2.33. The highest BCUT2D eigenvalue weighted by Gasteiger charge is 2.21. The first-order valence-electron chi connectivity index (χ1n) is 10.7. The lowest BCUT2D eigenvalue weighted by atomic mass is 9.97. The van der Waals surface area contributed by atoms with Gasteiger partial charge in [0.05, 0.1) is 24.5 Å². The molecule has 0 spiro atoms. The number of aromatic nitrogens is 3. The van der Waals surface area contributed by atoms with Gasteiger partial charge in [-0.3, -0.25) is 14.2 Å². The summed E-state index contributed by atoms with van der Waals surface area (Å²) < 4.78 is 6.70. The average Bonchev–Trinajstić information content (AvgIpc) is 3.17. The monoisotopic (exact) mass is 479 g/mol. The molecule has 0 unspecified atom stereocenters. The molecule has 11 heteroatoms. The molecule has 0 radical (unpaired) electrons. The third kappa shape index (κ3) is 6.63. The van der Waals surface area contributed by atoms with Crippen LogP contribution in [0.15, 0.2) is 15.2 Å². The highest BCUT2D eigenvalue weighted by atomic mass is 32.2. The second-order valence-electron chi connectivity index (χ2n) is 7.75. The van der Waals surface area contributed by atoms with Gasteiger partial charge in [-0.25, -0.2) is 9.78 Å². The first-order valence-corrected chi connectivity index (χ1v) is 12.5. The zero-order valence-corrected chi connectivity index (χ0v) is 20.3. The molecule has 1 aliphatic carbocycles. The summed E-state index contributed by atoms with van der Waals surface area (Å²) in [5.74, 6) is -0.439. The van der Waals surface area contributed by atoms with E-state index in [9.17, 15) is 14.4 Å². The fraction of sp³-hybridized carbons (Fsp3) is 0.571. The Labute approximate surface area is 195 Å². The summed E-state index contributed by atoms with van der Waals surface area (Å²) in [6.45, 7) is 3.46. The zero-order valence-electron chi connectivity index (χ0n) is 18.7.